The van der Waals surface area contributed by atoms with Gasteiger partial charge in [-0.1, -0.05) is 43.9 Å². The number of β-amino-alcohol motifs (C(OH)–C–C–N with tert-alkyl or cyclic N) is 1. The summed E-state index contributed by atoms with van der Waals surface area (Å²) in [6.07, 6.45) is 2.03. The number of fused-ring (bicyclic) bond motifs is 2. The quantitative estimate of drug-likeness (QED) is 0.243. The monoisotopic (exact) mass is 525 g/mol. The van der Waals surface area contributed by atoms with Crippen molar-refractivity contribution in [2.75, 3.05) is 50.1 Å². The molecule has 0 saturated carbocycles. The lowest BCUT2D eigenvalue weighted by Gasteiger charge is -2.30. The molecule has 5 rings (SSSR count). The number of benzene rings is 1. The maximum Gasteiger partial charge on any atom is 0.175 e. The zero-order chi connectivity index (χ0) is 25.8. The molecule has 1 atom stereocenters. The van der Waals surface area contributed by atoms with E-state index in [4.69, 9.17) is 14.6 Å². The minimum atomic E-state index is -1.19. The third-order valence-corrected chi connectivity index (χ3v) is 8.60. The molecule has 200 valence electrons. The van der Waals surface area contributed by atoms with Crippen LogP contribution in [-0.2, 0) is 29.2 Å². The van der Waals surface area contributed by atoms with Gasteiger partial charge in [0.2, 0.25) is 0 Å². The molecular formula is C26H39N7O3Si. The number of anilines is 2. The van der Waals surface area contributed by atoms with Crippen LogP contribution in [0, 0.1) is 0 Å². The highest BCUT2D eigenvalue weighted by Gasteiger charge is 2.24. The normalized spacial score (nSPS) is 17.4. The van der Waals surface area contributed by atoms with Crippen LogP contribution in [0.15, 0.2) is 30.6 Å². The minimum absolute atomic E-state index is 0.224. The third kappa shape index (κ3) is 6.66. The molecule has 11 heteroatoms. The fourth-order valence-corrected chi connectivity index (χ4v) is 5.42. The van der Waals surface area contributed by atoms with Gasteiger partial charge in [-0.2, -0.15) is 5.10 Å². The molecule has 0 bridgehead atoms. The first kappa shape index (κ1) is 26.1. The fourth-order valence-electron chi connectivity index (χ4n) is 4.66. The second-order valence-corrected chi connectivity index (χ2v) is 16.9. The van der Waals surface area contributed by atoms with Gasteiger partial charge in [-0.25, -0.2) is 14.6 Å². The van der Waals surface area contributed by atoms with Crippen molar-refractivity contribution < 1.29 is 14.6 Å². The highest BCUT2D eigenvalue weighted by molar-refractivity contribution is 6.76. The van der Waals surface area contributed by atoms with Crippen LogP contribution in [0.25, 0.3) is 11.0 Å². The van der Waals surface area contributed by atoms with E-state index in [0.717, 1.165) is 36.9 Å². The van der Waals surface area contributed by atoms with Gasteiger partial charge in [0.15, 0.2) is 11.6 Å². The van der Waals surface area contributed by atoms with Crippen LogP contribution in [-0.4, -0.2) is 89.4 Å². The lowest BCUT2D eigenvalue weighted by atomic mass is 10.00. The molecule has 1 unspecified atom stereocenters. The van der Waals surface area contributed by atoms with Crippen molar-refractivity contribution in [3.63, 3.8) is 0 Å². The number of nitrogens with one attached hydrogen (secondary N) is 2. The van der Waals surface area contributed by atoms with Crippen LogP contribution in [0.3, 0.4) is 0 Å². The molecular weight excluding hydrogens is 486 g/mol. The predicted molar refractivity (Wildman–Crippen MR) is 148 cm³/mol. The molecule has 0 radical (unpaired) electrons. The summed E-state index contributed by atoms with van der Waals surface area (Å²) in [5.41, 5.74) is 4.27. The Hall–Kier alpha value is -2.57. The van der Waals surface area contributed by atoms with E-state index in [1.807, 2.05) is 4.68 Å². The van der Waals surface area contributed by atoms with Crippen LogP contribution in [0.1, 0.15) is 11.1 Å². The highest BCUT2D eigenvalue weighted by Crippen LogP contribution is 2.27. The molecule has 2 aromatic heterocycles. The van der Waals surface area contributed by atoms with Crippen LogP contribution >= 0.6 is 0 Å². The van der Waals surface area contributed by atoms with Crippen molar-refractivity contribution in [2.24, 2.45) is 0 Å². The first-order chi connectivity index (χ1) is 17.9. The van der Waals surface area contributed by atoms with Gasteiger partial charge >= 0.3 is 0 Å². The Morgan fingerprint density at radius 2 is 1.97 bits per heavy atom. The molecule has 37 heavy (non-hydrogen) atoms. The zero-order valence-electron chi connectivity index (χ0n) is 22.1. The molecule has 0 amide bonds. The highest BCUT2D eigenvalue weighted by atomic mass is 28.3. The van der Waals surface area contributed by atoms with Crippen molar-refractivity contribution in [1.29, 1.82) is 0 Å². The van der Waals surface area contributed by atoms with Gasteiger partial charge in [0, 0.05) is 40.9 Å². The van der Waals surface area contributed by atoms with E-state index in [1.54, 1.807) is 6.33 Å². The molecule has 10 nitrogen and oxygen atoms in total. The first-order valence-corrected chi connectivity index (χ1v) is 16.9. The third-order valence-electron chi connectivity index (χ3n) is 6.90. The summed E-state index contributed by atoms with van der Waals surface area (Å²) in [6, 6.07) is 9.87. The lowest BCUT2D eigenvalue weighted by molar-refractivity contribution is 0.0209. The van der Waals surface area contributed by atoms with Crippen molar-refractivity contribution in [1.82, 2.24) is 24.6 Å². The number of nitrogens with zero attached hydrogens (tertiary/aromatic N) is 5. The Bertz CT molecular complexity index is 1190. The maximum absolute atomic E-state index is 10.8. The number of rotatable bonds is 12. The summed E-state index contributed by atoms with van der Waals surface area (Å²) in [4.78, 5) is 11.3. The molecule has 0 aliphatic carbocycles. The number of aromatic nitrogens is 4. The lowest BCUT2D eigenvalue weighted by Crippen LogP contribution is -2.40. The van der Waals surface area contributed by atoms with E-state index < -0.39 is 14.2 Å². The molecule has 2 aliphatic rings. The molecule has 0 spiro atoms. The van der Waals surface area contributed by atoms with Gasteiger partial charge < -0.3 is 25.2 Å². The molecule has 1 fully saturated rings. The van der Waals surface area contributed by atoms with Gasteiger partial charge in [0.25, 0.3) is 0 Å². The van der Waals surface area contributed by atoms with E-state index in [-0.39, 0.29) is 6.04 Å². The van der Waals surface area contributed by atoms with E-state index in [2.05, 4.69) is 69.4 Å². The Balaban J connectivity index is 1.25. The van der Waals surface area contributed by atoms with Crippen LogP contribution in [0.4, 0.5) is 11.6 Å². The van der Waals surface area contributed by atoms with E-state index in [0.29, 0.717) is 51.0 Å². The van der Waals surface area contributed by atoms with Gasteiger partial charge in [0.1, 0.15) is 24.1 Å². The number of aliphatic hydroxyl groups excluding tert-OH is 1. The van der Waals surface area contributed by atoms with Crippen LogP contribution < -0.4 is 10.6 Å². The summed E-state index contributed by atoms with van der Waals surface area (Å²) < 4.78 is 13.2. The Labute approximate surface area is 219 Å². The summed E-state index contributed by atoms with van der Waals surface area (Å²) in [6.45, 7) is 12.2. The van der Waals surface area contributed by atoms with E-state index >= 15 is 0 Å². The summed E-state index contributed by atoms with van der Waals surface area (Å²) >= 11 is 0. The van der Waals surface area contributed by atoms with Crippen molar-refractivity contribution in [2.45, 2.75) is 57.5 Å². The maximum atomic E-state index is 10.8. The fraction of sp³-hybridized carbons (Fsp3) is 0.577. The smallest absolute Gasteiger partial charge is 0.175 e. The van der Waals surface area contributed by atoms with Crippen molar-refractivity contribution >= 4 is 30.7 Å². The second-order valence-electron chi connectivity index (χ2n) is 11.3. The average molecular weight is 526 g/mol. The number of aliphatic hydroxyl groups is 1. The Morgan fingerprint density at radius 1 is 1.16 bits per heavy atom. The SMILES string of the molecule is C[Si](C)(C)CCOCn1nc(NCC(O)CN2CCc3ccccc3C2)c2ncnc(NC3COC3)c21. The summed E-state index contributed by atoms with van der Waals surface area (Å²) in [5.74, 6) is 1.35. The number of hydrogen-bond acceptors (Lipinski definition) is 9. The van der Waals surface area contributed by atoms with Crippen LogP contribution in [0.2, 0.25) is 25.7 Å². The largest absolute Gasteiger partial charge is 0.390 e. The first-order valence-electron chi connectivity index (χ1n) is 13.2. The topological polar surface area (TPSA) is 110 Å². The minimum Gasteiger partial charge on any atom is -0.390 e. The number of ether oxygens (including phenoxy) is 2. The van der Waals surface area contributed by atoms with Crippen molar-refractivity contribution in [3.05, 3.63) is 41.7 Å². The van der Waals surface area contributed by atoms with Gasteiger partial charge in [-0.05, 0) is 23.6 Å². The molecule has 4 heterocycles. The van der Waals surface area contributed by atoms with Gasteiger partial charge in [0.05, 0.1) is 25.4 Å². The molecule has 1 saturated heterocycles. The molecule has 2 aliphatic heterocycles. The van der Waals surface area contributed by atoms with E-state index in [9.17, 15) is 5.11 Å². The average Bonchev–Trinajstić information content (AvgIpc) is 3.20. The Kier molecular flexibility index (Phi) is 8.06. The van der Waals surface area contributed by atoms with Crippen LogP contribution in [0.5, 0.6) is 0 Å². The Morgan fingerprint density at radius 3 is 2.73 bits per heavy atom. The predicted octanol–water partition coefficient (Wildman–Crippen LogP) is 2.78. The van der Waals surface area contributed by atoms with Gasteiger partial charge in [-0.3, -0.25) is 4.90 Å². The summed E-state index contributed by atoms with van der Waals surface area (Å²) in [7, 11) is -1.19. The molecule has 3 aromatic rings. The summed E-state index contributed by atoms with van der Waals surface area (Å²) in [5, 5.41) is 22.4. The van der Waals surface area contributed by atoms with E-state index in [1.165, 1.54) is 11.1 Å². The molecule has 1 aromatic carbocycles. The molecule has 3 N–H and O–H groups in total. The van der Waals surface area contributed by atoms with Gasteiger partial charge in [-0.15, -0.1) is 0 Å². The zero-order valence-corrected chi connectivity index (χ0v) is 23.1. The number of hydrogen-bond donors (Lipinski definition) is 3. The van der Waals surface area contributed by atoms with Crippen molar-refractivity contribution in [3.8, 4) is 0 Å². The second kappa shape index (κ2) is 11.4. The standard InChI is InChI=1S/C26H39N7O3Si/c1-37(2,3)11-10-35-18-33-24-23(28-17-29-26(24)30-21-15-36-16-21)25(31-33)27-12-22(34)14-32-9-8-19-6-4-5-7-20(19)13-32/h4-7,17,21-22,34H,8-16,18H2,1-3H3,(H,27,31)(H,28,29,30).